The van der Waals surface area contributed by atoms with Crippen LogP contribution in [-0.4, -0.2) is 36.1 Å². The van der Waals surface area contributed by atoms with Gasteiger partial charge in [-0.3, -0.25) is 10.1 Å². The number of nitriles is 1. The highest BCUT2D eigenvalue weighted by molar-refractivity contribution is 6.43. The molecule has 2 N–H and O–H groups in total. The highest BCUT2D eigenvalue weighted by atomic mass is 35.5. The number of carbonyl (C=O) groups is 3. The number of halogens is 2. The van der Waals surface area contributed by atoms with Crippen LogP contribution in [0.25, 0.3) is 11.8 Å². The maximum atomic E-state index is 12.2. The van der Waals surface area contributed by atoms with Gasteiger partial charge in [-0.25, -0.2) is 9.59 Å². The third-order valence-electron chi connectivity index (χ3n) is 4.10. The van der Waals surface area contributed by atoms with Crippen LogP contribution in [0.3, 0.4) is 0 Å². The molecule has 10 heteroatoms. The molecule has 0 fully saturated rings. The molecule has 0 saturated heterocycles. The van der Waals surface area contributed by atoms with Gasteiger partial charge in [-0.2, -0.15) is 5.26 Å². The van der Waals surface area contributed by atoms with Gasteiger partial charge >= 0.3 is 12.0 Å². The standard InChI is InChI=1S/C20H18Cl2N4O4/c1-11-7-13(12(2)26(11)16-6-4-5-15(21)18(16)22)8-14(9-23)19(28)30-10-17(27)25-20(29)24-3/h4-8H,10H2,1-3H3,(H2,24,25,27,29)/b14-8+. The van der Waals surface area contributed by atoms with E-state index in [9.17, 15) is 19.6 Å². The van der Waals surface area contributed by atoms with Crippen LogP contribution >= 0.6 is 23.2 Å². The van der Waals surface area contributed by atoms with Crippen molar-refractivity contribution in [2.45, 2.75) is 13.8 Å². The third kappa shape index (κ3) is 5.20. The topological polar surface area (TPSA) is 113 Å². The van der Waals surface area contributed by atoms with Gasteiger partial charge < -0.3 is 14.6 Å². The van der Waals surface area contributed by atoms with Crippen LogP contribution in [0.15, 0.2) is 29.8 Å². The fraction of sp³-hybridized carbons (Fsp3) is 0.200. The Hall–Kier alpha value is -3.28. The molecule has 0 radical (unpaired) electrons. The molecule has 0 saturated carbocycles. The molecule has 1 aromatic heterocycles. The van der Waals surface area contributed by atoms with Gasteiger partial charge in [0.2, 0.25) is 0 Å². The molecule has 8 nitrogen and oxygen atoms in total. The molecule has 0 aliphatic heterocycles. The first-order chi connectivity index (χ1) is 14.2. The summed E-state index contributed by atoms with van der Waals surface area (Å²) >= 11 is 12.4. The van der Waals surface area contributed by atoms with Crippen molar-refractivity contribution in [2.24, 2.45) is 0 Å². The van der Waals surface area contributed by atoms with Crippen LogP contribution in [0.5, 0.6) is 0 Å². The minimum Gasteiger partial charge on any atom is -0.451 e. The molecule has 2 rings (SSSR count). The predicted molar refractivity (Wildman–Crippen MR) is 112 cm³/mol. The molecular weight excluding hydrogens is 431 g/mol. The monoisotopic (exact) mass is 448 g/mol. The van der Waals surface area contributed by atoms with Crippen molar-refractivity contribution < 1.29 is 19.1 Å². The minimum atomic E-state index is -0.991. The average molecular weight is 449 g/mol. The van der Waals surface area contributed by atoms with Gasteiger partial charge in [0, 0.05) is 18.4 Å². The van der Waals surface area contributed by atoms with E-state index in [1.807, 2.05) is 16.8 Å². The fourth-order valence-corrected chi connectivity index (χ4v) is 3.08. The van der Waals surface area contributed by atoms with E-state index < -0.39 is 24.5 Å². The quantitative estimate of drug-likeness (QED) is 0.413. The van der Waals surface area contributed by atoms with Crippen LogP contribution < -0.4 is 10.6 Å². The Bertz CT molecular complexity index is 1080. The van der Waals surface area contributed by atoms with Crippen molar-refractivity contribution in [3.8, 4) is 11.8 Å². The molecular formula is C20H18Cl2N4O4. The largest absolute Gasteiger partial charge is 0.451 e. The highest BCUT2D eigenvalue weighted by Crippen LogP contribution is 2.32. The second-order valence-electron chi connectivity index (χ2n) is 6.11. The zero-order valence-corrected chi connectivity index (χ0v) is 17.9. The number of rotatable bonds is 5. The van der Waals surface area contributed by atoms with E-state index in [1.165, 1.54) is 13.1 Å². The van der Waals surface area contributed by atoms with Crippen molar-refractivity contribution >= 4 is 47.2 Å². The smallest absolute Gasteiger partial charge is 0.349 e. The number of hydrogen-bond acceptors (Lipinski definition) is 5. The Kier molecular flexibility index (Phi) is 7.64. The predicted octanol–water partition coefficient (Wildman–Crippen LogP) is 3.31. The summed E-state index contributed by atoms with van der Waals surface area (Å²) in [5, 5.41) is 14.2. The van der Waals surface area contributed by atoms with Gasteiger partial charge in [0.25, 0.3) is 5.91 Å². The van der Waals surface area contributed by atoms with E-state index >= 15 is 0 Å². The number of aryl methyl sites for hydroxylation is 1. The second-order valence-corrected chi connectivity index (χ2v) is 6.89. The Morgan fingerprint density at radius 2 is 1.97 bits per heavy atom. The molecule has 3 amide bonds. The van der Waals surface area contributed by atoms with E-state index in [4.69, 9.17) is 27.9 Å². The van der Waals surface area contributed by atoms with Gasteiger partial charge in [-0.05, 0) is 43.7 Å². The van der Waals surface area contributed by atoms with Gasteiger partial charge in [0.05, 0.1) is 15.7 Å². The summed E-state index contributed by atoms with van der Waals surface area (Å²) in [7, 11) is 1.33. The molecule has 30 heavy (non-hydrogen) atoms. The molecule has 2 aromatic rings. The molecule has 156 valence electrons. The summed E-state index contributed by atoms with van der Waals surface area (Å²) in [6.07, 6.45) is 1.36. The maximum Gasteiger partial charge on any atom is 0.349 e. The first-order valence-corrected chi connectivity index (χ1v) is 9.39. The number of amides is 3. The lowest BCUT2D eigenvalue weighted by Gasteiger charge is -2.12. The Balaban J connectivity index is 2.27. The highest BCUT2D eigenvalue weighted by Gasteiger charge is 2.18. The Morgan fingerprint density at radius 1 is 1.27 bits per heavy atom. The number of imide groups is 1. The van der Waals surface area contributed by atoms with Crippen molar-refractivity contribution in [2.75, 3.05) is 13.7 Å². The summed E-state index contributed by atoms with van der Waals surface area (Å²) in [4.78, 5) is 34.8. The number of ether oxygens (including phenoxy) is 1. The first kappa shape index (κ1) is 23.0. The zero-order chi connectivity index (χ0) is 22.4. The zero-order valence-electron chi connectivity index (χ0n) is 16.4. The van der Waals surface area contributed by atoms with Crippen molar-refractivity contribution in [3.05, 3.63) is 56.8 Å². The fourth-order valence-electron chi connectivity index (χ4n) is 2.70. The van der Waals surface area contributed by atoms with Crippen molar-refractivity contribution in [1.82, 2.24) is 15.2 Å². The van der Waals surface area contributed by atoms with Gasteiger partial charge in [-0.15, -0.1) is 0 Å². The lowest BCUT2D eigenvalue weighted by molar-refractivity contribution is -0.144. The first-order valence-electron chi connectivity index (χ1n) is 8.63. The number of aromatic nitrogens is 1. The van der Waals surface area contributed by atoms with E-state index in [2.05, 4.69) is 5.32 Å². The van der Waals surface area contributed by atoms with Crippen LogP contribution in [0.2, 0.25) is 10.0 Å². The lowest BCUT2D eigenvalue weighted by atomic mass is 10.1. The van der Waals surface area contributed by atoms with Crippen molar-refractivity contribution in [3.63, 3.8) is 0 Å². The third-order valence-corrected chi connectivity index (χ3v) is 4.91. The summed E-state index contributed by atoms with van der Waals surface area (Å²) in [5.74, 6) is -1.82. The number of benzene rings is 1. The second kappa shape index (κ2) is 9.96. The number of hydrogen-bond donors (Lipinski definition) is 2. The Morgan fingerprint density at radius 3 is 2.60 bits per heavy atom. The van der Waals surface area contributed by atoms with Gasteiger partial charge in [0.1, 0.15) is 11.6 Å². The van der Waals surface area contributed by atoms with Crippen LogP contribution in [0, 0.1) is 25.2 Å². The number of nitrogens with one attached hydrogen (secondary N) is 2. The molecule has 0 atom stereocenters. The maximum absolute atomic E-state index is 12.2. The SMILES string of the molecule is CNC(=O)NC(=O)COC(=O)/C(C#N)=C/c1cc(C)n(-c2cccc(Cl)c2Cl)c1C. The normalized spacial score (nSPS) is 10.9. The molecule has 0 aliphatic carbocycles. The summed E-state index contributed by atoms with van der Waals surface area (Å²) in [5.41, 5.74) is 2.46. The van der Waals surface area contributed by atoms with E-state index in [0.717, 1.165) is 11.4 Å². The minimum absolute atomic E-state index is 0.305. The number of urea groups is 1. The lowest BCUT2D eigenvalue weighted by Crippen LogP contribution is -2.39. The molecule has 1 aromatic carbocycles. The van der Waals surface area contributed by atoms with Crippen LogP contribution in [-0.2, 0) is 14.3 Å². The summed E-state index contributed by atoms with van der Waals surface area (Å²) < 4.78 is 6.65. The molecule has 0 bridgehead atoms. The number of carbonyl (C=O) groups excluding carboxylic acids is 3. The molecule has 1 heterocycles. The van der Waals surface area contributed by atoms with E-state index in [-0.39, 0.29) is 5.57 Å². The van der Waals surface area contributed by atoms with Crippen LogP contribution in [0.1, 0.15) is 17.0 Å². The van der Waals surface area contributed by atoms with E-state index in [1.54, 1.807) is 37.3 Å². The summed E-state index contributed by atoms with van der Waals surface area (Å²) in [6, 6.07) is 8.03. The van der Waals surface area contributed by atoms with Gasteiger partial charge in [-0.1, -0.05) is 29.3 Å². The Labute approximate surface area is 183 Å². The summed E-state index contributed by atoms with van der Waals surface area (Å²) in [6.45, 7) is 2.94. The van der Waals surface area contributed by atoms with Crippen LogP contribution in [0.4, 0.5) is 4.79 Å². The average Bonchev–Trinajstić information content (AvgIpc) is 2.99. The number of esters is 1. The molecule has 0 spiro atoms. The molecule has 0 aliphatic rings. The van der Waals surface area contributed by atoms with Gasteiger partial charge in [0.15, 0.2) is 6.61 Å². The van der Waals surface area contributed by atoms with Crippen molar-refractivity contribution in [1.29, 1.82) is 5.26 Å². The number of nitrogens with zero attached hydrogens (tertiary/aromatic N) is 2. The molecule has 0 unspecified atom stereocenters. The van der Waals surface area contributed by atoms with E-state index in [0.29, 0.717) is 21.3 Å².